The van der Waals surface area contributed by atoms with Crippen LogP contribution < -0.4 is 15.4 Å². The highest BCUT2D eigenvalue weighted by Crippen LogP contribution is 2.47. The van der Waals surface area contributed by atoms with Crippen LogP contribution in [0.3, 0.4) is 0 Å². The third kappa shape index (κ3) is 4.63. The molecule has 1 aliphatic carbocycles. The lowest BCUT2D eigenvalue weighted by atomic mass is 9.73. The summed E-state index contributed by atoms with van der Waals surface area (Å²) in [5, 5.41) is 10.4. The molecule has 1 heterocycles. The first kappa shape index (κ1) is 25.8. The molecule has 1 aliphatic heterocycles. The number of carbonyl (C=O) groups excluding carboxylic acids is 1. The van der Waals surface area contributed by atoms with E-state index in [2.05, 4.69) is 34.1 Å². The summed E-state index contributed by atoms with van der Waals surface area (Å²) in [5.41, 5.74) is 14.8. The Labute approximate surface area is 232 Å². The van der Waals surface area contributed by atoms with Crippen LogP contribution in [-0.2, 0) is 11.4 Å². The third-order valence-electron chi connectivity index (χ3n) is 7.49. The number of ether oxygens (including phenoxy) is 1. The van der Waals surface area contributed by atoms with E-state index in [1.807, 2.05) is 74.2 Å². The van der Waals surface area contributed by atoms with Crippen LogP contribution in [0.1, 0.15) is 53.0 Å². The second kappa shape index (κ2) is 10.5. The Morgan fingerprint density at radius 3 is 2.53 bits per heavy atom. The average molecular weight is 569 g/mol. The molecular weight excluding hydrogens is 538 g/mol. The number of rotatable bonds is 5. The number of allylic oxidation sites excluding steroid dienone is 3. The van der Waals surface area contributed by atoms with E-state index >= 15 is 0 Å². The molecule has 192 valence electrons. The molecule has 0 fully saturated rings. The van der Waals surface area contributed by atoms with Crippen LogP contribution in [0, 0.1) is 32.1 Å². The molecule has 0 aromatic heterocycles. The van der Waals surface area contributed by atoms with Gasteiger partial charge in [0.1, 0.15) is 18.2 Å². The third-order valence-corrected chi connectivity index (χ3v) is 8.02. The largest absolute Gasteiger partial charge is 0.489 e. The Bertz CT molecular complexity index is 1530. The number of anilines is 1. The molecule has 3 aromatic carbocycles. The molecule has 2 N–H and O–H groups in total. The van der Waals surface area contributed by atoms with Crippen LogP contribution >= 0.6 is 15.9 Å². The van der Waals surface area contributed by atoms with Crippen molar-refractivity contribution in [3.63, 3.8) is 0 Å². The Morgan fingerprint density at radius 2 is 1.82 bits per heavy atom. The van der Waals surface area contributed by atoms with Crippen LogP contribution in [-0.4, -0.2) is 5.78 Å². The van der Waals surface area contributed by atoms with Crippen LogP contribution in [0.4, 0.5) is 5.69 Å². The Hall–Kier alpha value is -3.82. The number of halogens is 1. The number of Topliss-reactive ketones (excluding diaryl/α,β-unsaturated/α-hetero) is 1. The van der Waals surface area contributed by atoms with Crippen molar-refractivity contribution in [1.29, 1.82) is 5.26 Å². The van der Waals surface area contributed by atoms with Crippen molar-refractivity contribution in [2.75, 3.05) is 4.90 Å². The molecule has 5 nitrogen and oxygen atoms in total. The molecule has 3 aromatic rings. The van der Waals surface area contributed by atoms with Gasteiger partial charge in [-0.05, 0) is 86.2 Å². The van der Waals surface area contributed by atoms with Crippen molar-refractivity contribution in [3.8, 4) is 11.8 Å². The van der Waals surface area contributed by atoms with Gasteiger partial charge in [-0.25, -0.2) is 0 Å². The fraction of sp³-hybridized carbons (Fsp3) is 0.250. The first-order valence-electron chi connectivity index (χ1n) is 12.8. The zero-order chi connectivity index (χ0) is 27.0. The maximum atomic E-state index is 13.6. The van der Waals surface area contributed by atoms with Crippen LogP contribution in [0.2, 0.25) is 0 Å². The average Bonchev–Trinajstić information content (AvgIpc) is 2.90. The van der Waals surface area contributed by atoms with E-state index < -0.39 is 5.92 Å². The molecular formula is C32H30BrN3O2. The predicted molar refractivity (Wildman–Crippen MR) is 153 cm³/mol. The molecule has 1 atom stereocenters. The lowest BCUT2D eigenvalue weighted by molar-refractivity contribution is -0.116. The smallest absolute Gasteiger partial charge is 0.161 e. The normalized spacial score (nSPS) is 17.4. The number of carbonyl (C=O) groups is 1. The summed E-state index contributed by atoms with van der Waals surface area (Å²) >= 11 is 3.46. The number of hydrogen-bond donors (Lipinski definition) is 1. The van der Waals surface area contributed by atoms with Gasteiger partial charge in [-0.2, -0.15) is 5.26 Å². The van der Waals surface area contributed by atoms with Gasteiger partial charge in [-0.15, -0.1) is 0 Å². The fourth-order valence-corrected chi connectivity index (χ4v) is 5.86. The molecule has 0 saturated heterocycles. The maximum absolute atomic E-state index is 13.6. The number of aryl methyl sites for hydroxylation is 2. The van der Waals surface area contributed by atoms with Gasteiger partial charge in [-0.1, -0.05) is 51.8 Å². The summed E-state index contributed by atoms with van der Waals surface area (Å²) in [4.78, 5) is 15.5. The van der Waals surface area contributed by atoms with Crippen LogP contribution in [0.25, 0.3) is 0 Å². The Morgan fingerprint density at radius 1 is 1.08 bits per heavy atom. The standard InChI is InChI=1S/C32H30BrN3O2/c1-19-15-22(18-38-24-13-11-23(33)12-14-24)21(3)25(16-19)30-26(17-34)32(35)36(27-8-5-4-7-20(27)2)28-9-6-10-29(37)31(28)30/h4-5,7-8,11-16,30H,6,9-10,18,35H2,1-3H3. The van der Waals surface area contributed by atoms with E-state index in [1.54, 1.807) is 0 Å². The second-order valence-electron chi connectivity index (χ2n) is 9.98. The summed E-state index contributed by atoms with van der Waals surface area (Å²) in [5.74, 6) is 0.753. The van der Waals surface area contributed by atoms with Crippen LogP contribution in [0.5, 0.6) is 5.75 Å². The highest BCUT2D eigenvalue weighted by atomic mass is 79.9. The molecule has 0 saturated carbocycles. The second-order valence-corrected chi connectivity index (χ2v) is 10.9. The van der Waals surface area contributed by atoms with Gasteiger partial charge in [0.05, 0.1) is 23.2 Å². The molecule has 0 bridgehead atoms. The van der Waals surface area contributed by atoms with Gasteiger partial charge in [0, 0.05) is 22.2 Å². The van der Waals surface area contributed by atoms with Crippen molar-refractivity contribution in [2.24, 2.45) is 5.73 Å². The minimum Gasteiger partial charge on any atom is -0.489 e. The van der Waals surface area contributed by atoms with Crippen molar-refractivity contribution in [2.45, 2.75) is 52.6 Å². The monoisotopic (exact) mass is 567 g/mol. The van der Waals surface area contributed by atoms with E-state index in [-0.39, 0.29) is 5.78 Å². The number of benzene rings is 3. The molecule has 38 heavy (non-hydrogen) atoms. The summed E-state index contributed by atoms with van der Waals surface area (Å²) in [6.45, 7) is 6.48. The van der Waals surface area contributed by atoms with Crippen molar-refractivity contribution < 1.29 is 9.53 Å². The van der Waals surface area contributed by atoms with Crippen molar-refractivity contribution in [1.82, 2.24) is 0 Å². The molecule has 0 amide bonds. The quantitative estimate of drug-likeness (QED) is 0.351. The maximum Gasteiger partial charge on any atom is 0.161 e. The zero-order valence-electron chi connectivity index (χ0n) is 21.8. The molecule has 5 rings (SSSR count). The lowest BCUT2D eigenvalue weighted by Gasteiger charge is -2.40. The number of nitrogens with two attached hydrogens (primary N) is 1. The highest BCUT2D eigenvalue weighted by Gasteiger charge is 2.41. The van der Waals surface area contributed by atoms with Crippen LogP contribution in [0.15, 0.2) is 87.8 Å². The number of nitriles is 1. The minimum atomic E-state index is -0.505. The fourth-order valence-electron chi connectivity index (χ4n) is 5.59. The first-order chi connectivity index (χ1) is 18.3. The summed E-state index contributed by atoms with van der Waals surface area (Å²) in [7, 11) is 0. The van der Waals surface area contributed by atoms with E-state index in [9.17, 15) is 10.1 Å². The first-order valence-corrected chi connectivity index (χ1v) is 13.6. The number of hydrogen-bond acceptors (Lipinski definition) is 5. The molecule has 0 spiro atoms. The lowest BCUT2D eigenvalue weighted by Crippen LogP contribution is -2.39. The Kier molecular flexibility index (Phi) is 7.14. The number of para-hydroxylation sites is 1. The van der Waals surface area contributed by atoms with E-state index in [1.165, 1.54) is 0 Å². The highest BCUT2D eigenvalue weighted by molar-refractivity contribution is 9.10. The van der Waals surface area contributed by atoms with E-state index in [0.717, 1.165) is 62.3 Å². The van der Waals surface area contributed by atoms with Gasteiger partial charge >= 0.3 is 0 Å². The van der Waals surface area contributed by atoms with Gasteiger partial charge in [0.2, 0.25) is 0 Å². The molecule has 2 aliphatic rings. The predicted octanol–water partition coefficient (Wildman–Crippen LogP) is 7.26. The topological polar surface area (TPSA) is 79.3 Å². The Balaban J connectivity index is 1.64. The van der Waals surface area contributed by atoms with Gasteiger partial charge in [0.25, 0.3) is 0 Å². The van der Waals surface area contributed by atoms with Gasteiger partial charge in [-0.3, -0.25) is 9.69 Å². The molecule has 1 unspecified atom stereocenters. The van der Waals surface area contributed by atoms with E-state index in [4.69, 9.17) is 10.5 Å². The van der Waals surface area contributed by atoms with E-state index in [0.29, 0.717) is 30.0 Å². The SMILES string of the molecule is Cc1cc(COc2ccc(Br)cc2)c(C)c(C2C(C#N)=C(N)N(c3ccccc3C)C3=C2C(=O)CCC3)c1. The minimum absolute atomic E-state index is 0.0867. The van der Waals surface area contributed by atoms with Crippen molar-refractivity contribution >= 4 is 27.4 Å². The zero-order valence-corrected chi connectivity index (χ0v) is 23.4. The molecule has 6 heteroatoms. The number of ketones is 1. The summed E-state index contributed by atoms with van der Waals surface area (Å²) < 4.78 is 7.10. The van der Waals surface area contributed by atoms with Crippen molar-refractivity contribution in [3.05, 3.63) is 116 Å². The van der Waals surface area contributed by atoms with Gasteiger partial charge in [0.15, 0.2) is 5.78 Å². The number of nitrogens with zero attached hydrogens (tertiary/aromatic N) is 2. The summed E-state index contributed by atoms with van der Waals surface area (Å²) in [6, 6.07) is 22.3. The summed E-state index contributed by atoms with van der Waals surface area (Å²) in [6.07, 6.45) is 1.97. The molecule has 0 radical (unpaired) electrons. The van der Waals surface area contributed by atoms with Gasteiger partial charge < -0.3 is 10.5 Å².